The lowest BCUT2D eigenvalue weighted by molar-refractivity contribution is 0.417. The third kappa shape index (κ3) is 3.94. The molecule has 0 saturated carbocycles. The number of aliphatic imine (C=N–C) groups is 2. The van der Waals surface area contributed by atoms with E-state index in [1.165, 1.54) is 0 Å². The SMILES string of the molecule is COc1ccccc1NC1=Nc2ccccc2N2C1=Nc1c(c(C)nn1-c1ccccc1)[C@H]2c1ccc(Cl)cc1. The second kappa shape index (κ2) is 9.70. The van der Waals surface area contributed by atoms with E-state index in [2.05, 4.69) is 28.4 Å². The lowest BCUT2D eigenvalue weighted by atomic mass is 9.93. The molecule has 0 fully saturated rings. The van der Waals surface area contributed by atoms with Gasteiger partial charge in [0.1, 0.15) is 5.75 Å². The normalized spacial score (nSPS) is 15.4. The zero-order valence-electron chi connectivity index (χ0n) is 21.9. The van der Waals surface area contributed by atoms with Gasteiger partial charge in [0.05, 0.1) is 41.6 Å². The monoisotopic (exact) mass is 544 g/mol. The number of benzene rings is 4. The molecular formula is C32H25ClN6O. The van der Waals surface area contributed by atoms with Crippen molar-refractivity contribution in [2.24, 2.45) is 9.98 Å². The van der Waals surface area contributed by atoms with Gasteiger partial charge in [-0.05, 0) is 61.0 Å². The molecule has 7 nitrogen and oxygen atoms in total. The number of halogens is 1. The Hall–Kier alpha value is -4.88. The number of nitrogens with one attached hydrogen (secondary N) is 1. The number of aromatic nitrogens is 2. The quantitative estimate of drug-likeness (QED) is 0.252. The Bertz CT molecular complexity index is 1790. The number of nitrogens with zero attached hydrogens (tertiary/aromatic N) is 5. The third-order valence-corrected chi connectivity index (χ3v) is 7.44. The standard InChI is InChI=1S/C32H25ClN6O/c1-20-28-29(21-16-18-22(33)19-17-21)38-26-14-8-6-12-24(26)34-30(35-25-13-7-9-15-27(25)40-2)32(38)36-31(28)39(37-20)23-10-4-3-5-11-23/h3-19,29H,1-2H3,(H,34,35)/t29-/m1/s1. The first kappa shape index (κ1) is 24.2. The number of anilines is 2. The Morgan fingerprint density at radius 3 is 2.35 bits per heavy atom. The van der Waals surface area contributed by atoms with E-state index < -0.39 is 0 Å². The molecule has 5 aromatic rings. The van der Waals surface area contributed by atoms with Gasteiger partial charge in [0.25, 0.3) is 0 Å². The molecule has 3 heterocycles. The summed E-state index contributed by atoms with van der Waals surface area (Å²) in [5.41, 5.74) is 6.55. The summed E-state index contributed by atoms with van der Waals surface area (Å²) in [4.78, 5) is 12.6. The molecule has 0 aliphatic carbocycles. The fourth-order valence-corrected chi connectivity index (χ4v) is 5.51. The van der Waals surface area contributed by atoms with Gasteiger partial charge in [-0.2, -0.15) is 5.10 Å². The van der Waals surface area contributed by atoms with Crippen LogP contribution in [-0.2, 0) is 0 Å². The second-order valence-corrected chi connectivity index (χ2v) is 10.0. The molecule has 0 radical (unpaired) electrons. The molecule has 0 unspecified atom stereocenters. The molecule has 7 rings (SSSR count). The molecule has 4 aromatic carbocycles. The smallest absolute Gasteiger partial charge is 0.179 e. The van der Waals surface area contributed by atoms with Gasteiger partial charge in [0, 0.05) is 10.6 Å². The highest BCUT2D eigenvalue weighted by Crippen LogP contribution is 2.48. The van der Waals surface area contributed by atoms with E-state index in [4.69, 9.17) is 31.4 Å². The summed E-state index contributed by atoms with van der Waals surface area (Å²) in [5.74, 6) is 2.79. The van der Waals surface area contributed by atoms with Gasteiger partial charge in [-0.3, -0.25) is 0 Å². The van der Waals surface area contributed by atoms with Crippen molar-refractivity contribution in [1.82, 2.24) is 9.78 Å². The number of methoxy groups -OCH3 is 1. The van der Waals surface area contributed by atoms with Gasteiger partial charge in [-0.15, -0.1) is 0 Å². The molecule has 1 aromatic heterocycles. The van der Waals surface area contributed by atoms with E-state index in [-0.39, 0.29) is 6.04 Å². The number of aryl methyl sites for hydroxylation is 1. The minimum absolute atomic E-state index is 0.219. The summed E-state index contributed by atoms with van der Waals surface area (Å²) in [6, 6.07) is 33.8. The fraction of sp³-hybridized carbons (Fsp3) is 0.0938. The number of para-hydroxylation sites is 5. The van der Waals surface area contributed by atoms with Crippen molar-refractivity contribution in [3.8, 4) is 11.4 Å². The molecule has 0 bridgehead atoms. The Labute approximate surface area is 237 Å². The summed E-state index contributed by atoms with van der Waals surface area (Å²) < 4.78 is 7.55. The summed E-state index contributed by atoms with van der Waals surface area (Å²) in [7, 11) is 1.66. The van der Waals surface area contributed by atoms with Crippen molar-refractivity contribution in [3.05, 3.63) is 125 Å². The van der Waals surface area contributed by atoms with Gasteiger partial charge >= 0.3 is 0 Å². The zero-order valence-corrected chi connectivity index (χ0v) is 22.7. The molecule has 0 saturated heterocycles. The highest BCUT2D eigenvalue weighted by molar-refractivity contribution is 6.51. The van der Waals surface area contributed by atoms with Gasteiger partial charge < -0.3 is 15.0 Å². The van der Waals surface area contributed by atoms with Crippen LogP contribution in [0.25, 0.3) is 5.69 Å². The van der Waals surface area contributed by atoms with Gasteiger partial charge in [0.2, 0.25) is 0 Å². The van der Waals surface area contributed by atoms with Crippen LogP contribution in [0.4, 0.5) is 22.9 Å². The zero-order chi connectivity index (χ0) is 27.2. The maximum atomic E-state index is 6.33. The number of hydrogen-bond acceptors (Lipinski definition) is 6. The van der Waals surface area contributed by atoms with Gasteiger partial charge in [-0.25, -0.2) is 14.7 Å². The predicted octanol–water partition coefficient (Wildman–Crippen LogP) is 7.64. The predicted molar refractivity (Wildman–Crippen MR) is 161 cm³/mol. The number of fused-ring (bicyclic) bond motifs is 4. The highest BCUT2D eigenvalue weighted by atomic mass is 35.5. The van der Waals surface area contributed by atoms with E-state index in [9.17, 15) is 0 Å². The van der Waals surface area contributed by atoms with Crippen molar-refractivity contribution >= 4 is 46.2 Å². The van der Waals surface area contributed by atoms with Crippen molar-refractivity contribution in [2.45, 2.75) is 13.0 Å². The maximum absolute atomic E-state index is 6.33. The highest BCUT2D eigenvalue weighted by Gasteiger charge is 2.41. The number of rotatable bonds is 4. The second-order valence-electron chi connectivity index (χ2n) is 9.60. The number of ether oxygens (including phenoxy) is 1. The van der Waals surface area contributed by atoms with E-state index in [1.807, 2.05) is 96.5 Å². The average molecular weight is 545 g/mol. The molecular weight excluding hydrogens is 520 g/mol. The number of amidine groups is 2. The first-order valence-electron chi connectivity index (χ1n) is 13.0. The van der Waals surface area contributed by atoms with Crippen LogP contribution in [0, 0.1) is 6.92 Å². The maximum Gasteiger partial charge on any atom is 0.179 e. The minimum atomic E-state index is -0.219. The Morgan fingerprint density at radius 2 is 1.55 bits per heavy atom. The molecule has 1 N–H and O–H groups in total. The van der Waals surface area contributed by atoms with E-state index >= 15 is 0 Å². The van der Waals surface area contributed by atoms with Gasteiger partial charge in [-0.1, -0.05) is 66.2 Å². The van der Waals surface area contributed by atoms with E-state index in [1.54, 1.807) is 7.11 Å². The molecule has 2 aliphatic rings. The molecule has 2 aliphatic heterocycles. The molecule has 196 valence electrons. The molecule has 0 spiro atoms. The molecule has 8 heteroatoms. The lowest BCUT2D eigenvalue weighted by Crippen LogP contribution is -2.46. The van der Waals surface area contributed by atoms with E-state index in [0.29, 0.717) is 22.4 Å². The summed E-state index contributed by atoms with van der Waals surface area (Å²) >= 11 is 6.33. The van der Waals surface area contributed by atoms with Crippen molar-refractivity contribution in [1.29, 1.82) is 0 Å². The van der Waals surface area contributed by atoms with Crippen molar-refractivity contribution in [3.63, 3.8) is 0 Å². The Morgan fingerprint density at radius 1 is 0.825 bits per heavy atom. The van der Waals surface area contributed by atoms with Crippen molar-refractivity contribution < 1.29 is 4.74 Å². The van der Waals surface area contributed by atoms with Crippen LogP contribution in [0.2, 0.25) is 5.02 Å². The Kier molecular flexibility index (Phi) is 5.86. The fourth-order valence-electron chi connectivity index (χ4n) is 5.38. The van der Waals surface area contributed by atoms with E-state index in [0.717, 1.165) is 45.4 Å². The Balaban J connectivity index is 1.50. The molecule has 1 atom stereocenters. The number of hydrogen-bond donors (Lipinski definition) is 1. The van der Waals surface area contributed by atoms with Crippen LogP contribution >= 0.6 is 11.6 Å². The first-order chi connectivity index (χ1) is 19.6. The van der Waals surface area contributed by atoms with Crippen LogP contribution in [-0.4, -0.2) is 28.6 Å². The van der Waals surface area contributed by atoms with Crippen LogP contribution in [0.1, 0.15) is 22.9 Å². The van der Waals surface area contributed by atoms with Crippen LogP contribution in [0.5, 0.6) is 5.75 Å². The largest absolute Gasteiger partial charge is 0.495 e. The summed E-state index contributed by atoms with van der Waals surface area (Å²) in [6.07, 6.45) is 0. The minimum Gasteiger partial charge on any atom is -0.495 e. The first-order valence-corrected chi connectivity index (χ1v) is 13.4. The van der Waals surface area contributed by atoms with Crippen LogP contribution in [0.15, 0.2) is 113 Å². The third-order valence-electron chi connectivity index (χ3n) is 7.18. The average Bonchev–Trinajstić information content (AvgIpc) is 3.33. The van der Waals surface area contributed by atoms with Crippen LogP contribution < -0.4 is 15.0 Å². The summed E-state index contributed by atoms with van der Waals surface area (Å²) in [5, 5.41) is 9.19. The molecule has 0 amide bonds. The lowest BCUT2D eigenvalue weighted by Gasteiger charge is -2.40. The van der Waals surface area contributed by atoms with Crippen molar-refractivity contribution in [2.75, 3.05) is 17.3 Å². The van der Waals surface area contributed by atoms with Crippen LogP contribution in [0.3, 0.4) is 0 Å². The molecule has 40 heavy (non-hydrogen) atoms. The summed E-state index contributed by atoms with van der Waals surface area (Å²) in [6.45, 7) is 2.04. The topological polar surface area (TPSA) is 67.0 Å². The van der Waals surface area contributed by atoms with Gasteiger partial charge in [0.15, 0.2) is 17.5 Å².